The van der Waals surface area contributed by atoms with E-state index in [1.54, 1.807) is 24.3 Å². The molecule has 2 rings (SSSR count). The van der Waals surface area contributed by atoms with Gasteiger partial charge in [-0.15, -0.1) is 0 Å². The Kier molecular flexibility index (Phi) is 5.19. The predicted octanol–water partition coefficient (Wildman–Crippen LogP) is 3.50. The Bertz CT molecular complexity index is 815. The summed E-state index contributed by atoms with van der Waals surface area (Å²) in [5, 5.41) is 0. The molecule has 0 saturated carbocycles. The Morgan fingerprint density at radius 2 is 1.71 bits per heavy atom. The maximum Gasteiger partial charge on any atom is 0.416 e. The molecule has 0 bridgehead atoms. The number of methoxy groups -OCH3 is 1. The second kappa shape index (κ2) is 6.82. The van der Waals surface area contributed by atoms with Gasteiger partial charge in [-0.05, 0) is 42.3 Å². The van der Waals surface area contributed by atoms with Crippen LogP contribution in [0.5, 0.6) is 5.75 Å². The number of ether oxygens (including phenoxy) is 1. The van der Waals surface area contributed by atoms with E-state index < -0.39 is 26.7 Å². The van der Waals surface area contributed by atoms with Gasteiger partial charge in [-0.25, -0.2) is 13.1 Å². The molecule has 0 spiro atoms. The van der Waals surface area contributed by atoms with Gasteiger partial charge >= 0.3 is 6.18 Å². The largest absolute Gasteiger partial charge is 0.497 e. The zero-order chi connectivity index (χ0) is 18.0. The first kappa shape index (κ1) is 18.3. The van der Waals surface area contributed by atoms with Crippen molar-refractivity contribution in [2.45, 2.75) is 24.5 Å². The minimum Gasteiger partial charge on any atom is -0.497 e. The molecular weight excluding hydrogens is 343 g/mol. The highest BCUT2D eigenvalue weighted by Gasteiger charge is 2.33. The normalized spacial score (nSPS) is 12.2. The van der Waals surface area contributed by atoms with Gasteiger partial charge in [0.25, 0.3) is 0 Å². The van der Waals surface area contributed by atoms with Crippen LogP contribution in [0.25, 0.3) is 0 Å². The highest BCUT2D eigenvalue weighted by Crippen LogP contribution is 2.33. The first-order valence-electron chi connectivity index (χ1n) is 6.94. The number of benzene rings is 2. The minimum absolute atomic E-state index is 0.0309. The smallest absolute Gasteiger partial charge is 0.416 e. The van der Waals surface area contributed by atoms with Crippen molar-refractivity contribution in [1.82, 2.24) is 4.72 Å². The van der Waals surface area contributed by atoms with Gasteiger partial charge in [-0.3, -0.25) is 0 Å². The van der Waals surface area contributed by atoms with Gasteiger partial charge in [-0.1, -0.05) is 18.2 Å². The van der Waals surface area contributed by atoms with Gasteiger partial charge in [0.1, 0.15) is 5.75 Å². The quantitative estimate of drug-likeness (QED) is 0.889. The summed E-state index contributed by atoms with van der Waals surface area (Å²) in [6.45, 7) is 1.24. The highest BCUT2D eigenvalue weighted by molar-refractivity contribution is 7.89. The highest BCUT2D eigenvalue weighted by atomic mass is 32.2. The molecule has 24 heavy (non-hydrogen) atoms. The molecule has 0 aromatic heterocycles. The van der Waals surface area contributed by atoms with Crippen molar-refractivity contribution in [2.24, 2.45) is 0 Å². The van der Waals surface area contributed by atoms with Gasteiger partial charge in [0.2, 0.25) is 10.0 Å². The standard InChI is InChI=1S/C16H16F3NO3S/c1-11-3-8-14(9-15(11)16(17,18)19)24(21,22)20-10-12-4-6-13(23-2)7-5-12/h3-9,20H,10H2,1-2H3. The zero-order valence-electron chi connectivity index (χ0n) is 13.0. The first-order valence-corrected chi connectivity index (χ1v) is 8.42. The summed E-state index contributed by atoms with van der Waals surface area (Å²) in [5.74, 6) is 0.620. The number of nitrogens with one attached hydrogen (secondary N) is 1. The molecule has 4 nitrogen and oxygen atoms in total. The number of sulfonamides is 1. The van der Waals surface area contributed by atoms with Crippen molar-refractivity contribution < 1.29 is 26.3 Å². The lowest BCUT2D eigenvalue weighted by molar-refractivity contribution is -0.138. The maximum absolute atomic E-state index is 12.9. The van der Waals surface area contributed by atoms with E-state index in [0.717, 1.165) is 12.1 Å². The lowest BCUT2D eigenvalue weighted by atomic mass is 10.1. The van der Waals surface area contributed by atoms with Crippen LogP contribution >= 0.6 is 0 Å². The van der Waals surface area contributed by atoms with Crippen molar-refractivity contribution in [3.63, 3.8) is 0 Å². The number of rotatable bonds is 5. The zero-order valence-corrected chi connectivity index (χ0v) is 13.8. The van der Waals surface area contributed by atoms with Crippen LogP contribution in [0.3, 0.4) is 0 Å². The fourth-order valence-corrected chi connectivity index (χ4v) is 3.12. The van der Waals surface area contributed by atoms with Gasteiger partial charge < -0.3 is 4.74 Å². The molecule has 8 heteroatoms. The SMILES string of the molecule is COc1ccc(CNS(=O)(=O)c2ccc(C)c(C(F)(F)F)c2)cc1. The van der Waals surface area contributed by atoms with Crippen LogP contribution in [-0.2, 0) is 22.7 Å². The first-order chi connectivity index (χ1) is 11.1. The summed E-state index contributed by atoms with van der Waals surface area (Å²) in [6, 6.07) is 9.60. The molecule has 130 valence electrons. The van der Waals surface area contributed by atoms with E-state index in [2.05, 4.69) is 4.72 Å². The fourth-order valence-electron chi connectivity index (χ4n) is 2.08. The Morgan fingerprint density at radius 1 is 1.08 bits per heavy atom. The summed E-state index contributed by atoms with van der Waals surface area (Å²) in [5.41, 5.74) is -0.339. The van der Waals surface area contributed by atoms with Crippen LogP contribution in [0.15, 0.2) is 47.4 Å². The molecule has 0 unspecified atom stereocenters. The molecule has 0 saturated heterocycles. The van der Waals surface area contributed by atoms with Gasteiger partial charge in [-0.2, -0.15) is 13.2 Å². The maximum atomic E-state index is 12.9. The fraction of sp³-hybridized carbons (Fsp3) is 0.250. The van der Waals surface area contributed by atoms with Gasteiger partial charge in [0.05, 0.1) is 17.6 Å². The Morgan fingerprint density at radius 3 is 2.25 bits per heavy atom. The lowest BCUT2D eigenvalue weighted by Crippen LogP contribution is -2.24. The predicted molar refractivity (Wildman–Crippen MR) is 83.2 cm³/mol. The molecule has 0 fully saturated rings. The second-order valence-corrected chi connectivity index (χ2v) is 6.91. The molecule has 0 amide bonds. The van der Waals surface area contributed by atoms with Crippen LogP contribution in [0.2, 0.25) is 0 Å². The van der Waals surface area contributed by atoms with Gasteiger partial charge in [0, 0.05) is 6.54 Å². The summed E-state index contributed by atoms with van der Waals surface area (Å²) in [7, 11) is -2.55. The van der Waals surface area contributed by atoms with E-state index in [0.29, 0.717) is 17.4 Å². The van der Waals surface area contributed by atoms with E-state index in [9.17, 15) is 21.6 Å². The van der Waals surface area contributed by atoms with Crippen molar-refractivity contribution in [3.8, 4) is 5.75 Å². The van der Waals surface area contributed by atoms with Crippen LogP contribution in [0.1, 0.15) is 16.7 Å². The third kappa shape index (κ3) is 4.27. The van der Waals surface area contributed by atoms with Crippen LogP contribution < -0.4 is 9.46 Å². The summed E-state index contributed by atoms with van der Waals surface area (Å²) in [4.78, 5) is -0.422. The monoisotopic (exact) mass is 359 g/mol. The molecule has 0 aliphatic heterocycles. The third-order valence-electron chi connectivity index (χ3n) is 3.45. The van der Waals surface area contributed by atoms with E-state index in [1.165, 1.54) is 14.0 Å². The van der Waals surface area contributed by atoms with Crippen molar-refractivity contribution >= 4 is 10.0 Å². The second-order valence-electron chi connectivity index (χ2n) is 5.15. The van der Waals surface area contributed by atoms with Gasteiger partial charge in [0.15, 0.2) is 0 Å². The van der Waals surface area contributed by atoms with E-state index in [1.807, 2.05) is 0 Å². The molecule has 0 aliphatic rings. The van der Waals surface area contributed by atoms with Crippen LogP contribution in [0.4, 0.5) is 13.2 Å². The molecule has 0 radical (unpaired) electrons. The summed E-state index contributed by atoms with van der Waals surface area (Å²) >= 11 is 0. The Labute approximate surface area is 138 Å². The average Bonchev–Trinajstić information content (AvgIpc) is 2.52. The van der Waals surface area contributed by atoms with E-state index in [-0.39, 0.29) is 12.1 Å². The molecule has 2 aromatic rings. The third-order valence-corrected chi connectivity index (χ3v) is 4.85. The number of alkyl halides is 3. The topological polar surface area (TPSA) is 55.4 Å². The molecule has 0 atom stereocenters. The van der Waals surface area contributed by atoms with E-state index in [4.69, 9.17) is 4.74 Å². The number of hydrogen-bond acceptors (Lipinski definition) is 3. The Hall–Kier alpha value is -2.06. The summed E-state index contributed by atoms with van der Waals surface area (Å²) < 4.78 is 70.5. The van der Waals surface area contributed by atoms with Crippen molar-refractivity contribution in [1.29, 1.82) is 0 Å². The van der Waals surface area contributed by atoms with Crippen molar-refractivity contribution in [2.75, 3.05) is 7.11 Å². The van der Waals surface area contributed by atoms with Crippen LogP contribution in [0, 0.1) is 6.92 Å². The molecular formula is C16H16F3NO3S. The molecule has 0 aliphatic carbocycles. The lowest BCUT2D eigenvalue weighted by Gasteiger charge is -2.13. The van der Waals surface area contributed by atoms with Crippen molar-refractivity contribution in [3.05, 3.63) is 59.2 Å². The average molecular weight is 359 g/mol. The van der Waals surface area contributed by atoms with Crippen LogP contribution in [-0.4, -0.2) is 15.5 Å². The molecule has 2 aromatic carbocycles. The summed E-state index contributed by atoms with van der Waals surface area (Å²) in [6.07, 6.45) is -4.61. The molecule has 1 N–H and O–H groups in total. The number of halogens is 3. The number of hydrogen-bond donors (Lipinski definition) is 1. The number of aryl methyl sites for hydroxylation is 1. The minimum atomic E-state index is -4.61. The van der Waals surface area contributed by atoms with E-state index >= 15 is 0 Å². The molecule has 0 heterocycles. The Balaban J connectivity index is 2.21.